The van der Waals surface area contributed by atoms with E-state index in [2.05, 4.69) is 6.92 Å². The fourth-order valence-electron chi connectivity index (χ4n) is 1.59. The maximum Gasteiger partial charge on any atom is 2.00 e. The first-order chi connectivity index (χ1) is 6.43. The summed E-state index contributed by atoms with van der Waals surface area (Å²) in [7, 11) is 0. The Bertz CT molecular complexity index is 119. The summed E-state index contributed by atoms with van der Waals surface area (Å²) >= 11 is 0. The van der Waals surface area contributed by atoms with Gasteiger partial charge in [-0.1, -0.05) is 25.7 Å². The molecule has 86 valence electrons. The number of hydrogen-bond donors (Lipinski definition) is 0. The normalized spacial score (nSPS) is 15.8. The molecule has 0 unspecified atom stereocenters. The molecule has 4 heteroatoms. The quantitative estimate of drug-likeness (QED) is 0.359. The van der Waals surface area contributed by atoms with Crippen LogP contribution in [-0.4, -0.2) is 42.6 Å². The summed E-state index contributed by atoms with van der Waals surface area (Å²) in [6, 6.07) is 0. The van der Waals surface area contributed by atoms with Crippen LogP contribution in [0, 0.1) is 6.92 Å². The first-order valence-electron chi connectivity index (χ1n) is 5.46. The summed E-state index contributed by atoms with van der Waals surface area (Å²) in [4.78, 5) is 0. The van der Waals surface area contributed by atoms with Crippen molar-refractivity contribution in [2.75, 3.05) is 13.2 Å². The van der Waals surface area contributed by atoms with Gasteiger partial charge in [0, 0.05) is 0 Å². The van der Waals surface area contributed by atoms with Gasteiger partial charge in [0.2, 0.25) is 0 Å². The molecule has 1 saturated heterocycles. The van der Waals surface area contributed by atoms with E-state index in [1.54, 1.807) is 0 Å². The molecule has 0 aromatic heterocycles. The van der Waals surface area contributed by atoms with Crippen LogP contribution in [0.2, 0.25) is 0 Å². The average molecular weight is 289 g/mol. The molecule has 15 heavy (non-hydrogen) atoms. The number of rotatable bonds is 7. The third-order valence-electron chi connectivity index (χ3n) is 2.38. The zero-order valence-corrected chi connectivity index (χ0v) is 12.6. The predicted octanol–water partition coefficient (Wildman–Crippen LogP) is -0.453. The van der Waals surface area contributed by atoms with Crippen LogP contribution >= 0.6 is 0 Å². The molecule has 2 nitrogen and oxygen atoms in total. The molecule has 0 aromatic rings. The molecule has 0 saturated carbocycles. The van der Waals surface area contributed by atoms with E-state index in [-0.39, 0.29) is 46.3 Å². The molecule has 0 aliphatic carbocycles. The zero-order valence-electron chi connectivity index (χ0n) is 9.55. The molecule has 0 N–H and O–H groups in total. The Morgan fingerprint density at radius 3 is 2.07 bits per heavy atom. The summed E-state index contributed by atoms with van der Waals surface area (Å²) in [5.74, 6) is 0. The maximum atomic E-state index is 5.35. The second-order valence-electron chi connectivity index (χ2n) is 3.58. The molecule has 1 rings (SSSR count). The SMILES string of the molecule is [Br-].[CH2-]CCCCCCCC1OCCO1.[Mg+2]. The molecule has 0 spiro atoms. The number of ether oxygens (including phenoxy) is 2. The number of unbranched alkanes of at least 4 members (excludes halogenated alkanes) is 5. The van der Waals surface area contributed by atoms with Crippen LogP contribution in [0.1, 0.15) is 44.9 Å². The summed E-state index contributed by atoms with van der Waals surface area (Å²) in [6.45, 7) is 5.39. The van der Waals surface area contributed by atoms with Crippen molar-refractivity contribution in [1.29, 1.82) is 0 Å². The van der Waals surface area contributed by atoms with Gasteiger partial charge < -0.3 is 33.4 Å². The largest absolute Gasteiger partial charge is 2.00 e. The summed E-state index contributed by atoms with van der Waals surface area (Å²) in [5, 5.41) is 0. The smallest absolute Gasteiger partial charge is 1.00 e. The topological polar surface area (TPSA) is 18.5 Å². The third kappa shape index (κ3) is 10.1. The van der Waals surface area contributed by atoms with Crippen molar-refractivity contribution in [2.24, 2.45) is 0 Å². The van der Waals surface area contributed by atoms with Crippen molar-refractivity contribution >= 4 is 23.1 Å². The summed E-state index contributed by atoms with van der Waals surface area (Å²) < 4.78 is 10.7. The minimum absolute atomic E-state index is 0. The van der Waals surface area contributed by atoms with Gasteiger partial charge in [0.05, 0.1) is 13.2 Å². The van der Waals surface area contributed by atoms with E-state index in [9.17, 15) is 0 Å². The summed E-state index contributed by atoms with van der Waals surface area (Å²) in [6.07, 6.45) is 8.74. The van der Waals surface area contributed by atoms with Gasteiger partial charge in [0.25, 0.3) is 0 Å². The van der Waals surface area contributed by atoms with Crippen molar-refractivity contribution in [2.45, 2.75) is 51.2 Å². The fraction of sp³-hybridized carbons (Fsp3) is 0.909. The summed E-state index contributed by atoms with van der Waals surface area (Å²) in [5.41, 5.74) is 0. The Morgan fingerprint density at radius 1 is 0.933 bits per heavy atom. The maximum absolute atomic E-state index is 5.35. The Kier molecular flexibility index (Phi) is 16.3. The Balaban J connectivity index is 0. The minimum atomic E-state index is 0. The van der Waals surface area contributed by atoms with Crippen LogP contribution in [0.3, 0.4) is 0 Å². The molecular weight excluding hydrogens is 268 g/mol. The van der Waals surface area contributed by atoms with Gasteiger partial charge in [0.15, 0.2) is 6.29 Å². The van der Waals surface area contributed by atoms with Crippen LogP contribution < -0.4 is 17.0 Å². The number of halogens is 1. The minimum Gasteiger partial charge on any atom is -1.00 e. The monoisotopic (exact) mass is 288 g/mol. The van der Waals surface area contributed by atoms with E-state index in [1.165, 1.54) is 32.1 Å². The van der Waals surface area contributed by atoms with Crippen molar-refractivity contribution < 1.29 is 26.5 Å². The molecular formula is C11H21BrMgO2. The van der Waals surface area contributed by atoms with E-state index < -0.39 is 0 Å². The van der Waals surface area contributed by atoms with Gasteiger partial charge in [-0.05, 0) is 12.8 Å². The number of hydrogen-bond acceptors (Lipinski definition) is 2. The standard InChI is InChI=1S/C11H21O2.BrH.Mg/c1-2-3-4-5-6-7-8-11-12-9-10-13-11;;/h11H,1-10H2;1H;/q-1;;+2/p-1. The van der Waals surface area contributed by atoms with Gasteiger partial charge in [-0.3, -0.25) is 0 Å². The molecule has 1 fully saturated rings. The van der Waals surface area contributed by atoms with Crippen LogP contribution in [0.15, 0.2) is 0 Å². The Hall–Kier alpha value is 1.17. The van der Waals surface area contributed by atoms with E-state index >= 15 is 0 Å². The molecule has 0 radical (unpaired) electrons. The van der Waals surface area contributed by atoms with Gasteiger partial charge in [0.1, 0.15) is 0 Å². The molecule has 0 amide bonds. The van der Waals surface area contributed by atoms with Gasteiger partial charge in [-0.15, -0.1) is 0 Å². The zero-order chi connectivity index (χ0) is 9.36. The van der Waals surface area contributed by atoms with E-state index in [4.69, 9.17) is 9.47 Å². The molecule has 0 bridgehead atoms. The van der Waals surface area contributed by atoms with Crippen molar-refractivity contribution in [1.82, 2.24) is 0 Å². The second kappa shape index (κ2) is 13.2. The van der Waals surface area contributed by atoms with Crippen molar-refractivity contribution in [3.05, 3.63) is 6.92 Å². The molecule has 1 heterocycles. The van der Waals surface area contributed by atoms with Crippen LogP contribution in [0.5, 0.6) is 0 Å². The Morgan fingerprint density at radius 2 is 1.47 bits per heavy atom. The van der Waals surface area contributed by atoms with Crippen LogP contribution in [0.4, 0.5) is 0 Å². The molecule has 0 atom stereocenters. The molecule has 0 aromatic carbocycles. The van der Waals surface area contributed by atoms with Gasteiger partial charge >= 0.3 is 23.1 Å². The fourth-order valence-corrected chi connectivity index (χ4v) is 1.59. The van der Waals surface area contributed by atoms with E-state index in [0.717, 1.165) is 26.1 Å². The van der Waals surface area contributed by atoms with Crippen LogP contribution in [-0.2, 0) is 9.47 Å². The van der Waals surface area contributed by atoms with Crippen molar-refractivity contribution in [3.8, 4) is 0 Å². The van der Waals surface area contributed by atoms with Gasteiger partial charge in [-0.2, -0.15) is 6.42 Å². The van der Waals surface area contributed by atoms with E-state index in [1.807, 2.05) is 0 Å². The second-order valence-corrected chi connectivity index (χ2v) is 3.58. The average Bonchev–Trinajstić information content (AvgIpc) is 2.63. The van der Waals surface area contributed by atoms with E-state index in [0.29, 0.717) is 0 Å². The predicted molar refractivity (Wildman–Crippen MR) is 59.1 cm³/mol. The Labute approximate surface area is 120 Å². The van der Waals surface area contributed by atoms with Gasteiger partial charge in [-0.25, -0.2) is 0 Å². The van der Waals surface area contributed by atoms with Crippen molar-refractivity contribution in [3.63, 3.8) is 0 Å². The first kappa shape index (κ1) is 18.5. The molecule has 1 aliphatic rings. The third-order valence-corrected chi connectivity index (χ3v) is 2.38. The molecule has 1 aliphatic heterocycles. The van der Waals surface area contributed by atoms with Crippen LogP contribution in [0.25, 0.3) is 0 Å². The first-order valence-corrected chi connectivity index (χ1v) is 5.46.